The highest BCUT2D eigenvalue weighted by Gasteiger charge is 2.24. The van der Waals surface area contributed by atoms with E-state index in [-0.39, 0.29) is 11.9 Å². The molecule has 1 saturated heterocycles. The lowest BCUT2D eigenvalue weighted by molar-refractivity contribution is 0.0896. The Bertz CT molecular complexity index is 501. The number of anilines is 1. The van der Waals surface area contributed by atoms with Gasteiger partial charge in [-0.15, -0.1) is 0 Å². The van der Waals surface area contributed by atoms with Gasteiger partial charge >= 0.3 is 0 Å². The zero-order valence-electron chi connectivity index (χ0n) is 13.6. The third kappa shape index (κ3) is 3.97. The molecule has 0 saturated carbocycles. The summed E-state index contributed by atoms with van der Waals surface area (Å²) in [4.78, 5) is 14.7. The van der Waals surface area contributed by atoms with E-state index in [1.54, 1.807) is 0 Å². The molecule has 2 unspecified atom stereocenters. The van der Waals surface area contributed by atoms with Gasteiger partial charge in [0.2, 0.25) is 0 Å². The summed E-state index contributed by atoms with van der Waals surface area (Å²) in [6.07, 6.45) is 2.05. The predicted octanol–water partition coefficient (Wildman–Crippen LogP) is 2.64. The minimum absolute atomic E-state index is 0.0444. The topological polar surface area (TPSA) is 44.4 Å². The van der Waals surface area contributed by atoms with Crippen molar-refractivity contribution in [1.29, 1.82) is 0 Å². The van der Waals surface area contributed by atoms with E-state index >= 15 is 0 Å². The summed E-state index contributed by atoms with van der Waals surface area (Å²) in [6.45, 7) is 8.26. The fourth-order valence-corrected chi connectivity index (χ4v) is 2.88. The molecular formula is C17H27N3O. The molecule has 1 aromatic rings. The summed E-state index contributed by atoms with van der Waals surface area (Å²) in [6, 6.07) is 6.68. The van der Waals surface area contributed by atoms with Crippen molar-refractivity contribution in [3.8, 4) is 0 Å². The Morgan fingerprint density at radius 3 is 2.81 bits per heavy atom. The lowest BCUT2D eigenvalue weighted by Gasteiger charge is -2.35. The Labute approximate surface area is 127 Å². The second-order valence-corrected chi connectivity index (χ2v) is 6.08. The molecule has 116 valence electrons. The van der Waals surface area contributed by atoms with Gasteiger partial charge in [-0.3, -0.25) is 4.79 Å². The zero-order chi connectivity index (χ0) is 15.4. The number of piperidine rings is 1. The SMILES string of the molecule is CCNc1ccc(C(=O)NC2CCN(C)C(C)C2)cc1C. The molecule has 1 aliphatic rings. The molecule has 2 atom stereocenters. The van der Waals surface area contributed by atoms with Crippen LogP contribution in [0, 0.1) is 6.92 Å². The lowest BCUT2D eigenvalue weighted by Crippen LogP contribution is -2.47. The van der Waals surface area contributed by atoms with Gasteiger partial charge in [0.1, 0.15) is 0 Å². The maximum absolute atomic E-state index is 12.4. The first-order valence-electron chi connectivity index (χ1n) is 7.87. The van der Waals surface area contributed by atoms with Gasteiger partial charge in [0.25, 0.3) is 5.91 Å². The monoisotopic (exact) mass is 289 g/mol. The summed E-state index contributed by atoms with van der Waals surface area (Å²) in [7, 11) is 2.14. The summed E-state index contributed by atoms with van der Waals surface area (Å²) in [5.74, 6) is 0.0444. The molecule has 1 aliphatic heterocycles. The van der Waals surface area contributed by atoms with Crippen molar-refractivity contribution in [2.24, 2.45) is 0 Å². The average Bonchev–Trinajstić information content (AvgIpc) is 2.45. The normalized spacial score (nSPS) is 22.9. The summed E-state index contributed by atoms with van der Waals surface area (Å²) < 4.78 is 0. The number of likely N-dealkylation sites (tertiary alicyclic amines) is 1. The summed E-state index contributed by atoms with van der Waals surface area (Å²) in [5, 5.41) is 6.48. The molecule has 1 aromatic carbocycles. The number of amides is 1. The lowest BCUT2D eigenvalue weighted by atomic mass is 9.98. The van der Waals surface area contributed by atoms with Crippen LogP contribution in [0.4, 0.5) is 5.69 Å². The molecular weight excluding hydrogens is 262 g/mol. The van der Waals surface area contributed by atoms with Gasteiger partial charge in [0, 0.05) is 36.4 Å². The molecule has 2 rings (SSSR count). The third-order valence-corrected chi connectivity index (χ3v) is 4.40. The fourth-order valence-electron chi connectivity index (χ4n) is 2.88. The van der Waals surface area contributed by atoms with Gasteiger partial charge < -0.3 is 15.5 Å². The predicted molar refractivity (Wildman–Crippen MR) is 87.9 cm³/mol. The molecule has 1 fully saturated rings. The van der Waals surface area contributed by atoms with E-state index in [1.165, 1.54) is 0 Å². The molecule has 4 nitrogen and oxygen atoms in total. The number of carbonyl (C=O) groups is 1. The van der Waals surface area contributed by atoms with E-state index in [2.05, 4.69) is 36.4 Å². The number of carbonyl (C=O) groups excluding carboxylic acids is 1. The number of benzene rings is 1. The number of hydrogen-bond acceptors (Lipinski definition) is 3. The van der Waals surface area contributed by atoms with Gasteiger partial charge in [-0.05, 0) is 64.4 Å². The van der Waals surface area contributed by atoms with Crippen molar-refractivity contribution in [2.75, 3.05) is 25.5 Å². The van der Waals surface area contributed by atoms with Crippen molar-refractivity contribution in [2.45, 2.75) is 45.7 Å². The molecule has 1 heterocycles. The Morgan fingerprint density at radius 2 is 2.19 bits per heavy atom. The molecule has 0 spiro atoms. The molecule has 4 heteroatoms. The minimum Gasteiger partial charge on any atom is -0.385 e. The first kappa shape index (κ1) is 15.8. The van der Waals surface area contributed by atoms with Crippen LogP contribution in [0.15, 0.2) is 18.2 Å². The van der Waals surface area contributed by atoms with Crippen molar-refractivity contribution < 1.29 is 4.79 Å². The minimum atomic E-state index is 0.0444. The van der Waals surface area contributed by atoms with E-state index < -0.39 is 0 Å². The van der Waals surface area contributed by atoms with Crippen LogP contribution in [0.2, 0.25) is 0 Å². The number of nitrogens with zero attached hydrogens (tertiary/aromatic N) is 1. The van der Waals surface area contributed by atoms with Crippen LogP contribution in [0.1, 0.15) is 42.6 Å². The van der Waals surface area contributed by atoms with Gasteiger partial charge in [0.15, 0.2) is 0 Å². The van der Waals surface area contributed by atoms with E-state index in [0.717, 1.165) is 42.7 Å². The number of hydrogen-bond donors (Lipinski definition) is 2. The Balaban J connectivity index is 1.99. The summed E-state index contributed by atoms with van der Waals surface area (Å²) in [5.41, 5.74) is 2.96. The highest BCUT2D eigenvalue weighted by Crippen LogP contribution is 2.18. The van der Waals surface area contributed by atoms with Crippen molar-refractivity contribution in [3.63, 3.8) is 0 Å². The average molecular weight is 289 g/mol. The first-order valence-corrected chi connectivity index (χ1v) is 7.87. The molecule has 0 aliphatic carbocycles. The number of nitrogens with one attached hydrogen (secondary N) is 2. The van der Waals surface area contributed by atoms with Crippen LogP contribution in [0.3, 0.4) is 0 Å². The van der Waals surface area contributed by atoms with E-state index in [4.69, 9.17) is 0 Å². The van der Waals surface area contributed by atoms with Gasteiger partial charge in [0.05, 0.1) is 0 Å². The summed E-state index contributed by atoms with van der Waals surface area (Å²) >= 11 is 0. The fraction of sp³-hybridized carbons (Fsp3) is 0.588. The Morgan fingerprint density at radius 1 is 1.43 bits per heavy atom. The second kappa shape index (κ2) is 6.94. The van der Waals surface area contributed by atoms with Crippen LogP contribution >= 0.6 is 0 Å². The van der Waals surface area contributed by atoms with Crippen molar-refractivity contribution in [1.82, 2.24) is 10.2 Å². The number of aryl methyl sites for hydroxylation is 1. The highest BCUT2D eigenvalue weighted by molar-refractivity contribution is 5.95. The Kier molecular flexibility index (Phi) is 5.23. The van der Waals surface area contributed by atoms with Crippen LogP contribution in [-0.2, 0) is 0 Å². The molecule has 21 heavy (non-hydrogen) atoms. The second-order valence-electron chi connectivity index (χ2n) is 6.08. The molecule has 0 aromatic heterocycles. The Hall–Kier alpha value is -1.55. The number of rotatable bonds is 4. The van der Waals surface area contributed by atoms with Crippen molar-refractivity contribution >= 4 is 11.6 Å². The van der Waals surface area contributed by atoms with Crippen molar-refractivity contribution in [3.05, 3.63) is 29.3 Å². The quantitative estimate of drug-likeness (QED) is 0.895. The van der Waals surface area contributed by atoms with Crippen LogP contribution in [-0.4, -0.2) is 43.0 Å². The van der Waals surface area contributed by atoms with Gasteiger partial charge in [-0.1, -0.05) is 0 Å². The molecule has 0 radical (unpaired) electrons. The van der Waals surface area contributed by atoms with E-state index in [9.17, 15) is 4.79 Å². The molecule has 1 amide bonds. The van der Waals surface area contributed by atoms with E-state index in [0.29, 0.717) is 6.04 Å². The molecule has 0 bridgehead atoms. The van der Waals surface area contributed by atoms with E-state index in [1.807, 2.05) is 25.1 Å². The zero-order valence-corrected chi connectivity index (χ0v) is 13.6. The van der Waals surface area contributed by atoms with Crippen LogP contribution < -0.4 is 10.6 Å². The van der Waals surface area contributed by atoms with Crippen LogP contribution in [0.5, 0.6) is 0 Å². The largest absolute Gasteiger partial charge is 0.385 e. The van der Waals surface area contributed by atoms with Crippen LogP contribution in [0.25, 0.3) is 0 Å². The maximum Gasteiger partial charge on any atom is 0.251 e. The smallest absolute Gasteiger partial charge is 0.251 e. The maximum atomic E-state index is 12.4. The van der Waals surface area contributed by atoms with Gasteiger partial charge in [-0.2, -0.15) is 0 Å². The third-order valence-electron chi connectivity index (χ3n) is 4.40. The van der Waals surface area contributed by atoms with Gasteiger partial charge in [-0.25, -0.2) is 0 Å². The first-order chi connectivity index (χ1) is 10.0. The standard InChI is InChI=1S/C17H27N3O/c1-5-18-16-7-6-14(10-12(16)2)17(21)19-15-8-9-20(4)13(3)11-15/h6-7,10,13,15,18H,5,8-9,11H2,1-4H3,(H,19,21). The highest BCUT2D eigenvalue weighted by atomic mass is 16.1. The molecule has 2 N–H and O–H groups in total.